The number of nitrogens with zero attached hydrogens (tertiary/aromatic N) is 4. The molecule has 0 amide bonds. The van der Waals surface area contributed by atoms with Crippen LogP contribution in [0.4, 0.5) is 0 Å². The van der Waals surface area contributed by atoms with E-state index >= 15 is 0 Å². The van der Waals surface area contributed by atoms with E-state index in [-0.39, 0.29) is 0 Å². The van der Waals surface area contributed by atoms with Crippen LogP contribution in [0.5, 0.6) is 0 Å². The van der Waals surface area contributed by atoms with E-state index in [1.807, 2.05) is 28.8 Å². The first-order valence-corrected chi connectivity index (χ1v) is 7.67. The zero-order valence-corrected chi connectivity index (χ0v) is 13.6. The summed E-state index contributed by atoms with van der Waals surface area (Å²) in [6.07, 6.45) is 2.62. The Labute approximate surface area is 135 Å². The number of halogens is 1. The standard InChI is InChI=1S/C15H21ClN6/c1-3-14-21-20-11-22(14)9-8-18-15(17-2)19-10-12-6-4-5-7-13(12)16/h4-7,11H,3,8-10H2,1-2H3,(H2,17,18,19). The molecule has 0 saturated heterocycles. The lowest BCUT2D eigenvalue weighted by molar-refractivity contribution is 0.632. The van der Waals surface area contributed by atoms with E-state index in [0.29, 0.717) is 6.54 Å². The van der Waals surface area contributed by atoms with E-state index in [9.17, 15) is 0 Å². The van der Waals surface area contributed by atoms with Crippen LogP contribution >= 0.6 is 11.6 Å². The van der Waals surface area contributed by atoms with Gasteiger partial charge < -0.3 is 15.2 Å². The highest BCUT2D eigenvalue weighted by molar-refractivity contribution is 6.31. The van der Waals surface area contributed by atoms with E-state index in [0.717, 1.165) is 41.9 Å². The molecule has 0 saturated carbocycles. The van der Waals surface area contributed by atoms with Gasteiger partial charge in [-0.25, -0.2) is 0 Å². The Bertz CT molecular complexity index is 622. The molecule has 2 rings (SSSR count). The molecule has 2 aromatic rings. The number of rotatable bonds is 6. The molecule has 2 N–H and O–H groups in total. The van der Waals surface area contributed by atoms with Crippen LogP contribution in [0.1, 0.15) is 18.3 Å². The number of guanidine groups is 1. The van der Waals surface area contributed by atoms with Gasteiger partial charge in [-0.2, -0.15) is 0 Å². The van der Waals surface area contributed by atoms with E-state index in [1.165, 1.54) is 0 Å². The summed E-state index contributed by atoms with van der Waals surface area (Å²) < 4.78 is 2.04. The van der Waals surface area contributed by atoms with E-state index in [4.69, 9.17) is 11.6 Å². The lowest BCUT2D eigenvalue weighted by atomic mass is 10.2. The Hall–Kier alpha value is -2.08. The largest absolute Gasteiger partial charge is 0.355 e. The second-order valence-corrected chi connectivity index (χ2v) is 5.15. The maximum atomic E-state index is 6.14. The highest BCUT2D eigenvalue weighted by atomic mass is 35.5. The lowest BCUT2D eigenvalue weighted by Crippen LogP contribution is -2.38. The number of aliphatic imine (C=N–C) groups is 1. The average Bonchev–Trinajstić information content (AvgIpc) is 2.99. The van der Waals surface area contributed by atoms with Crippen molar-refractivity contribution in [3.8, 4) is 0 Å². The molecule has 0 aliphatic carbocycles. The van der Waals surface area contributed by atoms with Gasteiger partial charge in [-0.15, -0.1) is 10.2 Å². The molecule has 1 aromatic heterocycles. The van der Waals surface area contributed by atoms with Gasteiger partial charge in [-0.3, -0.25) is 4.99 Å². The number of benzene rings is 1. The van der Waals surface area contributed by atoms with Crippen molar-refractivity contribution in [3.63, 3.8) is 0 Å². The van der Waals surface area contributed by atoms with Gasteiger partial charge in [0.2, 0.25) is 0 Å². The normalized spacial score (nSPS) is 11.5. The summed E-state index contributed by atoms with van der Waals surface area (Å²) in [4.78, 5) is 4.21. The van der Waals surface area contributed by atoms with Crippen molar-refractivity contribution >= 4 is 17.6 Å². The fourth-order valence-corrected chi connectivity index (χ4v) is 2.28. The third-order valence-electron chi connectivity index (χ3n) is 3.28. The highest BCUT2D eigenvalue weighted by Crippen LogP contribution is 2.14. The van der Waals surface area contributed by atoms with E-state index in [1.54, 1.807) is 13.4 Å². The number of nitrogens with one attached hydrogen (secondary N) is 2. The van der Waals surface area contributed by atoms with E-state index in [2.05, 4.69) is 32.7 Å². The SMILES string of the molecule is CCc1nncn1CCNC(=NC)NCc1ccccc1Cl. The van der Waals surface area contributed by atoms with Crippen LogP contribution in [0.3, 0.4) is 0 Å². The molecule has 1 aromatic carbocycles. The minimum absolute atomic E-state index is 0.631. The van der Waals surface area contributed by atoms with E-state index < -0.39 is 0 Å². The topological polar surface area (TPSA) is 67.1 Å². The van der Waals surface area contributed by atoms with Gasteiger partial charge in [0.15, 0.2) is 5.96 Å². The summed E-state index contributed by atoms with van der Waals surface area (Å²) >= 11 is 6.14. The monoisotopic (exact) mass is 320 g/mol. The third-order valence-corrected chi connectivity index (χ3v) is 3.65. The van der Waals surface area contributed by atoms with Crippen LogP contribution in [-0.4, -0.2) is 34.3 Å². The molecule has 6 nitrogen and oxygen atoms in total. The molecule has 0 bridgehead atoms. The predicted molar refractivity (Wildman–Crippen MR) is 89.1 cm³/mol. The molecule has 7 heteroatoms. The van der Waals surface area contributed by atoms with Crippen molar-refractivity contribution in [2.75, 3.05) is 13.6 Å². The molecule has 0 radical (unpaired) electrons. The van der Waals surface area contributed by atoms with Crippen LogP contribution in [0.25, 0.3) is 0 Å². The molecule has 0 spiro atoms. The molecule has 0 atom stereocenters. The fraction of sp³-hybridized carbons (Fsp3) is 0.400. The van der Waals surface area contributed by atoms with Crippen LogP contribution in [0.2, 0.25) is 5.02 Å². The Kier molecular flexibility index (Phi) is 6.21. The maximum absolute atomic E-state index is 6.14. The van der Waals surface area contributed by atoms with Gasteiger partial charge in [0.05, 0.1) is 0 Å². The van der Waals surface area contributed by atoms with Gasteiger partial charge >= 0.3 is 0 Å². The minimum atomic E-state index is 0.631. The van der Waals surface area contributed by atoms with Crippen molar-refractivity contribution in [2.24, 2.45) is 4.99 Å². The Morgan fingerprint density at radius 2 is 2.14 bits per heavy atom. The van der Waals surface area contributed by atoms with Gasteiger partial charge in [0.1, 0.15) is 12.2 Å². The molecule has 0 fully saturated rings. The molecule has 1 heterocycles. The van der Waals surface area contributed by atoms with Crippen molar-refractivity contribution in [3.05, 3.63) is 47.0 Å². The summed E-state index contributed by atoms with van der Waals surface area (Å²) in [5.74, 6) is 1.73. The number of hydrogen-bond acceptors (Lipinski definition) is 3. The first-order valence-electron chi connectivity index (χ1n) is 7.29. The smallest absolute Gasteiger partial charge is 0.191 e. The van der Waals surface area contributed by atoms with Crippen LogP contribution < -0.4 is 10.6 Å². The van der Waals surface area contributed by atoms with Crippen LogP contribution in [0, 0.1) is 0 Å². The van der Waals surface area contributed by atoms with Crippen LogP contribution in [-0.2, 0) is 19.5 Å². The highest BCUT2D eigenvalue weighted by Gasteiger charge is 2.03. The molecule has 118 valence electrons. The fourth-order valence-electron chi connectivity index (χ4n) is 2.08. The second kappa shape index (κ2) is 8.38. The molecular weight excluding hydrogens is 300 g/mol. The molecule has 0 aliphatic heterocycles. The Morgan fingerprint density at radius 1 is 1.32 bits per heavy atom. The third kappa shape index (κ3) is 4.46. The van der Waals surface area contributed by atoms with Crippen molar-refractivity contribution < 1.29 is 0 Å². The number of aromatic nitrogens is 3. The van der Waals surface area contributed by atoms with Crippen molar-refractivity contribution in [1.82, 2.24) is 25.4 Å². The van der Waals surface area contributed by atoms with Gasteiger partial charge in [-0.1, -0.05) is 36.7 Å². The summed E-state index contributed by atoms with van der Waals surface area (Å²) in [6.45, 7) is 4.24. The zero-order valence-electron chi connectivity index (χ0n) is 12.9. The minimum Gasteiger partial charge on any atom is -0.355 e. The number of hydrogen-bond donors (Lipinski definition) is 2. The molecular formula is C15H21ClN6. The first kappa shape index (κ1) is 16.3. The van der Waals surface area contributed by atoms with Gasteiger partial charge in [0, 0.05) is 38.1 Å². The van der Waals surface area contributed by atoms with Crippen LogP contribution in [0.15, 0.2) is 35.6 Å². The zero-order chi connectivity index (χ0) is 15.8. The molecule has 0 aliphatic rings. The van der Waals surface area contributed by atoms with Gasteiger partial charge in [-0.05, 0) is 11.6 Å². The summed E-state index contributed by atoms with van der Waals surface area (Å²) in [5.41, 5.74) is 1.04. The first-order chi connectivity index (χ1) is 10.7. The van der Waals surface area contributed by atoms with Crippen molar-refractivity contribution in [2.45, 2.75) is 26.4 Å². The summed E-state index contributed by atoms with van der Waals surface area (Å²) in [5, 5.41) is 15.3. The average molecular weight is 321 g/mol. The number of aryl methyl sites for hydroxylation is 1. The molecule has 0 unspecified atom stereocenters. The Balaban J connectivity index is 1.79. The van der Waals surface area contributed by atoms with Crippen molar-refractivity contribution in [1.29, 1.82) is 0 Å². The quantitative estimate of drug-likeness (QED) is 0.630. The summed E-state index contributed by atoms with van der Waals surface area (Å²) in [6, 6.07) is 7.77. The maximum Gasteiger partial charge on any atom is 0.191 e. The predicted octanol–water partition coefficient (Wildman–Crippen LogP) is 1.86. The van der Waals surface area contributed by atoms with Gasteiger partial charge in [0.25, 0.3) is 0 Å². The Morgan fingerprint density at radius 3 is 2.86 bits per heavy atom. The second-order valence-electron chi connectivity index (χ2n) is 4.74. The molecule has 22 heavy (non-hydrogen) atoms. The summed E-state index contributed by atoms with van der Waals surface area (Å²) in [7, 11) is 1.75. The lowest BCUT2D eigenvalue weighted by Gasteiger charge is -2.13.